The summed E-state index contributed by atoms with van der Waals surface area (Å²) in [7, 11) is 0. The molecule has 1 aliphatic heterocycles. The summed E-state index contributed by atoms with van der Waals surface area (Å²) in [5.74, 6) is 0. The molecule has 2 aliphatic rings. The molecule has 2 amide bonds. The molecule has 0 spiro atoms. The summed E-state index contributed by atoms with van der Waals surface area (Å²) < 4.78 is 5.36. The summed E-state index contributed by atoms with van der Waals surface area (Å²) in [4.78, 5) is 14.6. The third-order valence-electron chi connectivity index (χ3n) is 1.87. The lowest BCUT2D eigenvalue weighted by molar-refractivity contribution is 0.127. The maximum Gasteiger partial charge on any atom is 0.346 e. The van der Waals surface area contributed by atoms with Crippen LogP contribution in [0.4, 0.5) is 4.79 Å². The highest BCUT2D eigenvalue weighted by Gasteiger charge is 2.21. The molecule has 0 bridgehead atoms. The van der Waals surface area contributed by atoms with Crippen LogP contribution in [-0.4, -0.2) is 24.5 Å². The molecule has 2 rings (SSSR count). The minimum atomic E-state index is -0.303. The van der Waals surface area contributed by atoms with Crippen molar-refractivity contribution < 1.29 is 9.53 Å². The Morgan fingerprint density at radius 2 is 2.54 bits per heavy atom. The largest absolute Gasteiger partial charge is 0.370 e. The first kappa shape index (κ1) is 8.19. The van der Waals surface area contributed by atoms with E-state index in [1.54, 1.807) is 6.08 Å². The van der Waals surface area contributed by atoms with Crippen LogP contribution in [0.25, 0.3) is 0 Å². The fourth-order valence-electron chi connectivity index (χ4n) is 1.33. The number of hydrogen-bond donors (Lipinski definition) is 1. The van der Waals surface area contributed by atoms with Crippen LogP contribution in [0.1, 0.15) is 6.92 Å². The first-order chi connectivity index (χ1) is 6.29. The predicted molar refractivity (Wildman–Crippen MR) is 48.6 cm³/mol. The van der Waals surface area contributed by atoms with E-state index in [0.29, 0.717) is 12.3 Å². The molecule has 0 fully saturated rings. The lowest BCUT2D eigenvalue weighted by Gasteiger charge is -2.13. The van der Waals surface area contributed by atoms with E-state index in [9.17, 15) is 4.79 Å². The van der Waals surface area contributed by atoms with E-state index in [-0.39, 0.29) is 12.1 Å². The molecule has 0 aromatic heterocycles. The normalized spacial score (nSPS) is 25.0. The molecular formula is C9H10N2O2. The zero-order chi connectivity index (χ0) is 9.26. The van der Waals surface area contributed by atoms with Gasteiger partial charge in [0.05, 0.1) is 17.5 Å². The third kappa shape index (κ3) is 1.53. The molecule has 0 saturated carbocycles. The summed E-state index contributed by atoms with van der Waals surface area (Å²) >= 11 is 0. The number of nitrogens with zero attached hydrogens (tertiary/aromatic N) is 1. The van der Waals surface area contributed by atoms with Crippen LogP contribution in [0.3, 0.4) is 0 Å². The van der Waals surface area contributed by atoms with Crippen LogP contribution in [-0.2, 0) is 4.74 Å². The Hall–Kier alpha value is -1.42. The van der Waals surface area contributed by atoms with Crippen LogP contribution in [0.5, 0.6) is 0 Å². The van der Waals surface area contributed by atoms with Gasteiger partial charge in [0.1, 0.15) is 0 Å². The number of carbonyl (C=O) groups excluding carboxylic acids is 1. The number of ether oxygens (including phenoxy) is 1. The van der Waals surface area contributed by atoms with Gasteiger partial charge in [0.2, 0.25) is 0 Å². The Kier molecular flexibility index (Phi) is 1.98. The van der Waals surface area contributed by atoms with Crippen molar-refractivity contribution in [2.45, 2.75) is 13.0 Å². The number of carbonyl (C=O) groups is 1. The van der Waals surface area contributed by atoms with Gasteiger partial charge in [0.15, 0.2) is 0 Å². The van der Waals surface area contributed by atoms with Crippen molar-refractivity contribution in [3.05, 3.63) is 23.9 Å². The fraction of sp³-hybridized carbons (Fsp3) is 0.333. The summed E-state index contributed by atoms with van der Waals surface area (Å²) in [6.07, 6.45) is 5.49. The highest BCUT2D eigenvalue weighted by atomic mass is 16.5. The molecule has 68 valence electrons. The number of nitrogens with one attached hydrogen (secondary N) is 1. The van der Waals surface area contributed by atoms with Crippen LogP contribution < -0.4 is 5.32 Å². The molecule has 13 heavy (non-hydrogen) atoms. The summed E-state index contributed by atoms with van der Waals surface area (Å²) in [5.41, 5.74) is 1.45. The van der Waals surface area contributed by atoms with Crippen molar-refractivity contribution in [2.24, 2.45) is 4.99 Å². The second-order valence-electron chi connectivity index (χ2n) is 2.79. The van der Waals surface area contributed by atoms with Crippen LogP contribution >= 0.6 is 0 Å². The van der Waals surface area contributed by atoms with Gasteiger partial charge in [0, 0.05) is 6.61 Å². The number of hydrogen-bond acceptors (Lipinski definition) is 2. The van der Waals surface area contributed by atoms with E-state index >= 15 is 0 Å². The average molecular weight is 178 g/mol. The monoisotopic (exact) mass is 178 g/mol. The lowest BCUT2D eigenvalue weighted by atomic mass is 10.1. The topological polar surface area (TPSA) is 50.7 Å². The first-order valence-corrected chi connectivity index (χ1v) is 4.21. The van der Waals surface area contributed by atoms with Gasteiger partial charge in [-0.25, -0.2) is 4.79 Å². The molecule has 0 aromatic carbocycles. The molecule has 1 heterocycles. The summed E-state index contributed by atoms with van der Waals surface area (Å²) in [6, 6.07) is -0.303. The molecular weight excluding hydrogens is 168 g/mol. The average Bonchev–Trinajstić information content (AvgIpc) is 2.44. The van der Waals surface area contributed by atoms with Gasteiger partial charge >= 0.3 is 6.03 Å². The van der Waals surface area contributed by atoms with Gasteiger partial charge in [-0.05, 0) is 25.2 Å². The molecule has 1 N–H and O–H groups in total. The Balaban J connectivity index is 2.17. The number of amides is 2. The van der Waals surface area contributed by atoms with Gasteiger partial charge in [-0.1, -0.05) is 0 Å². The predicted octanol–water partition coefficient (Wildman–Crippen LogP) is 1.01. The van der Waals surface area contributed by atoms with Crippen molar-refractivity contribution in [3.63, 3.8) is 0 Å². The summed E-state index contributed by atoms with van der Waals surface area (Å²) in [6.45, 7) is 2.59. The Morgan fingerprint density at radius 3 is 3.31 bits per heavy atom. The Bertz CT molecular complexity index is 329. The number of urea groups is 1. The summed E-state index contributed by atoms with van der Waals surface area (Å²) in [5, 5.41) is 2.63. The molecule has 0 radical (unpaired) electrons. The minimum Gasteiger partial charge on any atom is -0.370 e. The fourth-order valence-corrected chi connectivity index (χ4v) is 1.33. The van der Waals surface area contributed by atoms with Crippen molar-refractivity contribution >= 4 is 11.7 Å². The molecule has 0 aromatic rings. The van der Waals surface area contributed by atoms with Crippen LogP contribution in [0, 0.1) is 0 Å². The molecule has 1 unspecified atom stereocenters. The van der Waals surface area contributed by atoms with E-state index in [1.807, 2.05) is 19.1 Å². The Labute approximate surface area is 76.0 Å². The maximum absolute atomic E-state index is 10.9. The van der Waals surface area contributed by atoms with Crippen LogP contribution in [0.15, 0.2) is 28.9 Å². The van der Waals surface area contributed by atoms with Crippen molar-refractivity contribution in [2.75, 3.05) is 6.61 Å². The second-order valence-corrected chi connectivity index (χ2v) is 2.79. The van der Waals surface area contributed by atoms with Gasteiger partial charge in [-0.15, -0.1) is 0 Å². The first-order valence-electron chi connectivity index (χ1n) is 4.21. The van der Waals surface area contributed by atoms with E-state index < -0.39 is 0 Å². The number of rotatable bonds is 2. The van der Waals surface area contributed by atoms with E-state index in [1.165, 1.54) is 0 Å². The maximum atomic E-state index is 10.9. The van der Waals surface area contributed by atoms with Gasteiger partial charge in [0.25, 0.3) is 0 Å². The molecule has 1 atom stereocenters. The van der Waals surface area contributed by atoms with Crippen molar-refractivity contribution in [1.82, 2.24) is 5.32 Å². The Morgan fingerprint density at radius 1 is 1.69 bits per heavy atom. The molecule has 4 nitrogen and oxygen atoms in total. The standard InChI is InChI=1S/C9H10N2O2/c1-2-13-6-3-4-7-8(5-6)11-9(12)10-7/h3-6H,2H2,1H3,(H,11,12). The second kappa shape index (κ2) is 3.14. The quantitative estimate of drug-likeness (QED) is 0.686. The van der Waals surface area contributed by atoms with E-state index in [4.69, 9.17) is 4.74 Å². The van der Waals surface area contributed by atoms with Crippen molar-refractivity contribution in [1.29, 1.82) is 0 Å². The lowest BCUT2D eigenvalue weighted by Crippen LogP contribution is -2.20. The van der Waals surface area contributed by atoms with E-state index in [0.717, 1.165) is 5.70 Å². The third-order valence-corrected chi connectivity index (χ3v) is 1.87. The zero-order valence-corrected chi connectivity index (χ0v) is 7.28. The van der Waals surface area contributed by atoms with E-state index in [2.05, 4.69) is 10.3 Å². The van der Waals surface area contributed by atoms with Crippen molar-refractivity contribution in [3.8, 4) is 0 Å². The molecule has 4 heteroatoms. The zero-order valence-electron chi connectivity index (χ0n) is 7.28. The number of allylic oxidation sites excluding steroid dienone is 1. The van der Waals surface area contributed by atoms with Gasteiger partial charge < -0.3 is 10.1 Å². The van der Waals surface area contributed by atoms with Gasteiger partial charge in [-0.3, -0.25) is 0 Å². The number of aliphatic imine (C=N–C) groups is 1. The van der Waals surface area contributed by atoms with Gasteiger partial charge in [-0.2, -0.15) is 4.99 Å². The van der Waals surface area contributed by atoms with Crippen LogP contribution in [0.2, 0.25) is 0 Å². The number of fused-ring (bicyclic) bond motifs is 1. The smallest absolute Gasteiger partial charge is 0.346 e. The molecule has 1 aliphatic carbocycles. The minimum absolute atomic E-state index is 0.0441. The highest BCUT2D eigenvalue weighted by Crippen LogP contribution is 2.14. The molecule has 0 saturated heterocycles. The highest BCUT2D eigenvalue weighted by molar-refractivity contribution is 6.18. The SMILES string of the molecule is CCOC1C=CC2=NC(=O)NC2=C1.